The summed E-state index contributed by atoms with van der Waals surface area (Å²) in [6, 6.07) is 12.8. The molecule has 168 valence electrons. The predicted octanol–water partition coefficient (Wildman–Crippen LogP) is 4.07. The number of ketones is 1. The smallest absolute Gasteiger partial charge is 0.335 e. The van der Waals surface area contributed by atoms with E-state index in [1.165, 1.54) is 12.1 Å². The lowest BCUT2D eigenvalue weighted by Gasteiger charge is -2.39. The Morgan fingerprint density at radius 1 is 0.969 bits per heavy atom. The second-order valence-electron chi connectivity index (χ2n) is 8.72. The molecule has 4 N–H and O–H groups in total. The van der Waals surface area contributed by atoms with Gasteiger partial charge in [-0.3, -0.25) is 9.69 Å². The number of hydrogen-bond acceptors (Lipinski definition) is 4. The Balaban J connectivity index is 1.57. The van der Waals surface area contributed by atoms with Crippen LogP contribution in [0.25, 0.3) is 0 Å². The first-order chi connectivity index (χ1) is 15.5. The number of carboxylic acid groups (broad SMARTS) is 1. The summed E-state index contributed by atoms with van der Waals surface area (Å²) < 4.78 is 0. The van der Waals surface area contributed by atoms with E-state index in [2.05, 4.69) is 5.32 Å². The van der Waals surface area contributed by atoms with Gasteiger partial charge in [0.05, 0.1) is 11.6 Å². The van der Waals surface area contributed by atoms with E-state index >= 15 is 0 Å². The van der Waals surface area contributed by atoms with E-state index in [9.17, 15) is 14.4 Å². The van der Waals surface area contributed by atoms with Crippen LogP contribution in [0.15, 0.2) is 48.5 Å². The quantitative estimate of drug-likeness (QED) is 0.655. The molecule has 7 nitrogen and oxygen atoms in total. The molecule has 7 heteroatoms. The van der Waals surface area contributed by atoms with Gasteiger partial charge in [0, 0.05) is 17.3 Å². The van der Waals surface area contributed by atoms with Crippen molar-refractivity contribution in [3.8, 4) is 0 Å². The van der Waals surface area contributed by atoms with E-state index in [4.69, 9.17) is 10.8 Å². The lowest BCUT2D eigenvalue weighted by atomic mass is 9.77. The lowest BCUT2D eigenvalue weighted by molar-refractivity contribution is -0.125. The van der Waals surface area contributed by atoms with Gasteiger partial charge < -0.3 is 16.2 Å². The standard InChI is InChI=1S/C25H29N3O4/c26-15-16-5-7-18(8-6-16)23(29)22-14-11-17-3-1-2-4-21(17)28(22)25(32)27-20-12-9-19(10-13-20)24(30)31/h1-4,9-10,12-13,16,18,22H,5-8,11,14-15,26H2,(H,27,32)(H,30,31)/t16?,18?,22-/m0/s1. The molecule has 2 aromatic carbocycles. The van der Waals surface area contributed by atoms with Crippen LogP contribution in [0.3, 0.4) is 0 Å². The van der Waals surface area contributed by atoms with Crippen LogP contribution in [0.4, 0.5) is 16.2 Å². The lowest BCUT2D eigenvalue weighted by Crippen LogP contribution is -2.52. The fraction of sp³-hybridized carbons (Fsp3) is 0.400. The van der Waals surface area contributed by atoms with Crippen molar-refractivity contribution < 1.29 is 19.5 Å². The highest BCUT2D eigenvalue weighted by Gasteiger charge is 2.39. The Bertz CT molecular complexity index is 997. The molecule has 1 aliphatic carbocycles. The van der Waals surface area contributed by atoms with Gasteiger partial charge >= 0.3 is 12.0 Å². The third kappa shape index (κ3) is 4.53. The van der Waals surface area contributed by atoms with E-state index < -0.39 is 12.0 Å². The van der Waals surface area contributed by atoms with Gasteiger partial charge in [0.1, 0.15) is 0 Å². The molecule has 0 aromatic heterocycles. The van der Waals surface area contributed by atoms with Crippen LogP contribution in [-0.4, -0.2) is 35.5 Å². The minimum atomic E-state index is -1.03. The van der Waals surface area contributed by atoms with Crippen LogP contribution in [0, 0.1) is 11.8 Å². The zero-order valence-corrected chi connectivity index (χ0v) is 18.0. The van der Waals surface area contributed by atoms with Crippen LogP contribution in [-0.2, 0) is 11.2 Å². The zero-order valence-electron chi connectivity index (χ0n) is 18.0. The van der Waals surface area contributed by atoms with Crippen molar-refractivity contribution in [1.82, 2.24) is 0 Å². The second-order valence-corrected chi connectivity index (χ2v) is 8.72. The number of aromatic carboxylic acids is 1. The molecule has 1 aliphatic heterocycles. The molecule has 2 amide bonds. The number of nitrogens with two attached hydrogens (primary N) is 1. The molecule has 1 saturated carbocycles. The number of anilines is 2. The van der Waals surface area contributed by atoms with Crippen LogP contribution in [0.1, 0.15) is 48.0 Å². The average Bonchev–Trinajstić information content (AvgIpc) is 2.83. The Labute approximate surface area is 187 Å². The number of carbonyl (C=O) groups is 3. The second kappa shape index (κ2) is 9.53. The number of benzene rings is 2. The van der Waals surface area contributed by atoms with Gasteiger partial charge in [-0.2, -0.15) is 0 Å². The monoisotopic (exact) mass is 435 g/mol. The molecule has 0 unspecified atom stereocenters. The number of Topliss-reactive ketones (excluding diaryl/α,β-unsaturated/α-hetero) is 1. The zero-order chi connectivity index (χ0) is 22.7. The highest BCUT2D eigenvalue weighted by atomic mass is 16.4. The van der Waals surface area contributed by atoms with Gasteiger partial charge in [-0.05, 0) is 86.9 Å². The van der Waals surface area contributed by atoms with Gasteiger partial charge in [-0.15, -0.1) is 0 Å². The van der Waals surface area contributed by atoms with Gasteiger partial charge in [0.25, 0.3) is 0 Å². The number of hydrogen-bond donors (Lipinski definition) is 3. The molecule has 0 spiro atoms. The third-order valence-corrected chi connectivity index (χ3v) is 6.76. The van der Waals surface area contributed by atoms with Crippen molar-refractivity contribution >= 4 is 29.2 Å². The van der Waals surface area contributed by atoms with Crippen molar-refractivity contribution in [2.75, 3.05) is 16.8 Å². The SMILES string of the molecule is NCC1CCC(C(=O)[C@@H]2CCc3ccccc3N2C(=O)Nc2ccc(C(=O)O)cc2)CC1. The molecule has 2 aliphatic rings. The van der Waals surface area contributed by atoms with E-state index in [-0.39, 0.29) is 23.3 Å². The number of aryl methyl sites for hydroxylation is 1. The molecule has 1 heterocycles. The van der Waals surface area contributed by atoms with Crippen LogP contribution in [0.2, 0.25) is 0 Å². The third-order valence-electron chi connectivity index (χ3n) is 6.76. The van der Waals surface area contributed by atoms with Crippen molar-refractivity contribution in [3.05, 3.63) is 59.7 Å². The van der Waals surface area contributed by atoms with Crippen molar-refractivity contribution in [2.24, 2.45) is 17.6 Å². The fourth-order valence-corrected chi connectivity index (χ4v) is 4.90. The maximum atomic E-state index is 13.5. The van der Waals surface area contributed by atoms with Crippen molar-refractivity contribution in [2.45, 2.75) is 44.6 Å². The summed E-state index contributed by atoms with van der Waals surface area (Å²) in [5.41, 5.74) is 8.23. The van der Waals surface area contributed by atoms with Gasteiger partial charge in [-0.25, -0.2) is 9.59 Å². The summed E-state index contributed by atoms with van der Waals surface area (Å²) in [6.45, 7) is 0.660. The molecule has 4 rings (SSSR count). The molecule has 0 radical (unpaired) electrons. The topological polar surface area (TPSA) is 113 Å². The number of urea groups is 1. The minimum absolute atomic E-state index is 0.0433. The maximum Gasteiger partial charge on any atom is 0.335 e. The molecular formula is C25H29N3O4. The Kier molecular flexibility index (Phi) is 6.55. The number of para-hydroxylation sites is 1. The van der Waals surface area contributed by atoms with E-state index in [0.29, 0.717) is 24.6 Å². The number of carbonyl (C=O) groups excluding carboxylic acids is 2. The highest BCUT2D eigenvalue weighted by Crippen LogP contribution is 2.36. The number of rotatable bonds is 5. The summed E-state index contributed by atoms with van der Waals surface area (Å²) in [5, 5.41) is 11.9. The molecule has 2 aromatic rings. The average molecular weight is 436 g/mol. The molecular weight excluding hydrogens is 406 g/mol. The summed E-state index contributed by atoms with van der Waals surface area (Å²) in [4.78, 5) is 39.6. The number of carboxylic acids is 1. The van der Waals surface area contributed by atoms with Crippen LogP contribution in [0.5, 0.6) is 0 Å². The van der Waals surface area contributed by atoms with Crippen molar-refractivity contribution in [3.63, 3.8) is 0 Å². The molecule has 1 fully saturated rings. The van der Waals surface area contributed by atoms with Crippen LogP contribution < -0.4 is 16.0 Å². The maximum absolute atomic E-state index is 13.5. The molecule has 1 atom stereocenters. The summed E-state index contributed by atoms with van der Waals surface area (Å²) >= 11 is 0. The molecule has 0 saturated heterocycles. The van der Waals surface area contributed by atoms with Crippen molar-refractivity contribution in [1.29, 1.82) is 0 Å². The predicted molar refractivity (Wildman–Crippen MR) is 123 cm³/mol. The normalized spacial score (nSPS) is 22.7. The summed E-state index contributed by atoms with van der Waals surface area (Å²) in [7, 11) is 0. The first-order valence-corrected chi connectivity index (χ1v) is 11.2. The summed E-state index contributed by atoms with van der Waals surface area (Å²) in [6.07, 6.45) is 4.91. The fourth-order valence-electron chi connectivity index (χ4n) is 4.90. The van der Waals surface area contributed by atoms with Gasteiger partial charge in [0.2, 0.25) is 0 Å². The van der Waals surface area contributed by atoms with Gasteiger partial charge in [-0.1, -0.05) is 18.2 Å². The minimum Gasteiger partial charge on any atom is -0.478 e. The number of nitrogens with zero attached hydrogens (tertiary/aromatic N) is 1. The Morgan fingerprint density at radius 3 is 2.31 bits per heavy atom. The molecule has 32 heavy (non-hydrogen) atoms. The highest BCUT2D eigenvalue weighted by molar-refractivity contribution is 6.08. The summed E-state index contributed by atoms with van der Waals surface area (Å²) in [5.74, 6) is -0.452. The van der Waals surface area contributed by atoms with E-state index in [1.807, 2.05) is 24.3 Å². The molecule has 0 bridgehead atoms. The first kappa shape index (κ1) is 22.0. The largest absolute Gasteiger partial charge is 0.478 e. The van der Waals surface area contributed by atoms with Crippen LogP contribution >= 0.6 is 0 Å². The van der Waals surface area contributed by atoms with E-state index in [1.54, 1.807) is 17.0 Å². The first-order valence-electron chi connectivity index (χ1n) is 11.2. The Morgan fingerprint density at radius 2 is 1.66 bits per heavy atom. The van der Waals surface area contributed by atoms with E-state index in [0.717, 1.165) is 43.4 Å². The number of amides is 2. The number of fused-ring (bicyclic) bond motifs is 1. The number of nitrogens with one attached hydrogen (secondary N) is 1. The van der Waals surface area contributed by atoms with Gasteiger partial charge in [0.15, 0.2) is 5.78 Å². The Hall–Kier alpha value is -3.19.